The van der Waals surface area contributed by atoms with Crippen LogP contribution in [0.5, 0.6) is 0 Å². The summed E-state index contributed by atoms with van der Waals surface area (Å²) in [7, 11) is 0. The molecule has 0 unspecified atom stereocenters. The first-order chi connectivity index (χ1) is 18.7. The van der Waals surface area contributed by atoms with E-state index in [0.717, 1.165) is 0 Å². The van der Waals surface area contributed by atoms with Gasteiger partial charge in [0.1, 0.15) is 11.6 Å². The van der Waals surface area contributed by atoms with Crippen LogP contribution in [0.25, 0.3) is 0 Å². The molecule has 0 aliphatic carbocycles. The number of nitrogens with one attached hydrogen (secondary N) is 2. The van der Waals surface area contributed by atoms with Crippen LogP contribution in [0.3, 0.4) is 0 Å². The standard InChI is InChI=1S/C27H45N4O8.Tb/c1-22-19-31(26(34)23(18-28)17-27(2,3)4)20-24(22)25(33)30-6-8-36-10-12-38-14-16-39-15-13-37-11-9-35-7-5-29-21-32;/h17,22,24H,5-16,19-20H2,1-4H3,(H,29,32)(H,30,33);/q-1;/b23-17+;/t22-,24-;/m1./s1. The number of carbonyl (C=O) groups is 2. The minimum atomic E-state index is -0.321. The first-order valence-corrected chi connectivity index (χ1v) is 13.4. The largest absolute Gasteiger partial charge is 0.528 e. The maximum absolute atomic E-state index is 12.8. The van der Waals surface area contributed by atoms with Gasteiger partial charge >= 0.3 is 0 Å². The van der Waals surface area contributed by atoms with E-state index in [0.29, 0.717) is 92.2 Å². The van der Waals surface area contributed by atoms with E-state index < -0.39 is 0 Å². The number of carbonyl (C=O) groups excluding carboxylic acids is 3. The Hall–Kier alpha value is -1.27. The fraction of sp³-hybridized carbons (Fsp3) is 0.778. The van der Waals surface area contributed by atoms with E-state index in [9.17, 15) is 19.6 Å². The van der Waals surface area contributed by atoms with Crippen LogP contribution in [0.1, 0.15) is 27.7 Å². The van der Waals surface area contributed by atoms with Gasteiger partial charge in [0.05, 0.1) is 72.0 Å². The molecule has 1 rings (SSSR count). The number of hydrogen-bond acceptors (Lipinski definition) is 9. The molecule has 1 saturated heterocycles. The molecule has 231 valence electrons. The summed E-state index contributed by atoms with van der Waals surface area (Å²) in [6.07, 6.45) is 3.25. The third-order valence-electron chi connectivity index (χ3n) is 5.64. The third kappa shape index (κ3) is 18.2. The first kappa shape index (κ1) is 38.7. The van der Waals surface area contributed by atoms with E-state index in [4.69, 9.17) is 23.7 Å². The first-order valence-electron chi connectivity index (χ1n) is 13.4. The molecular weight excluding hydrogens is 667 g/mol. The van der Waals surface area contributed by atoms with E-state index in [1.165, 1.54) is 0 Å². The third-order valence-corrected chi connectivity index (χ3v) is 5.64. The Morgan fingerprint density at radius 3 is 1.82 bits per heavy atom. The number of nitrogens with zero attached hydrogens (tertiary/aromatic N) is 2. The van der Waals surface area contributed by atoms with Crippen molar-refractivity contribution in [3.63, 3.8) is 0 Å². The van der Waals surface area contributed by atoms with E-state index in [2.05, 4.69) is 10.6 Å². The van der Waals surface area contributed by atoms with Crippen LogP contribution in [-0.4, -0.2) is 115 Å². The van der Waals surface area contributed by atoms with E-state index >= 15 is 0 Å². The van der Waals surface area contributed by atoms with Gasteiger partial charge in [-0.15, -0.1) is 0 Å². The van der Waals surface area contributed by atoms with Gasteiger partial charge in [0.15, 0.2) is 0 Å². The predicted molar refractivity (Wildman–Crippen MR) is 143 cm³/mol. The van der Waals surface area contributed by atoms with Crippen molar-refractivity contribution in [1.82, 2.24) is 15.5 Å². The predicted octanol–water partition coefficient (Wildman–Crippen LogP) is 0.433. The maximum Gasteiger partial charge on any atom is 0.264 e. The summed E-state index contributed by atoms with van der Waals surface area (Å²) in [6.45, 7) is 13.6. The second-order valence-corrected chi connectivity index (χ2v) is 10.2. The number of ether oxygens (including phenoxy) is 5. The Morgan fingerprint density at radius 2 is 1.38 bits per heavy atom. The van der Waals surface area contributed by atoms with E-state index in [1.54, 1.807) is 17.4 Å². The van der Waals surface area contributed by atoms with Crippen molar-refractivity contribution < 1.29 is 76.7 Å². The normalized spacial score (nSPS) is 17.2. The Kier molecular flexibility index (Phi) is 22.6. The SMILES string of the molecule is C[C@@H]1CN(C(=O)/C(C#N)=C/C(C)(C)C)C[C@H]1C(=O)NCCOCCOCCOCCOCCOCCN[C-]=O.[Tb]. The number of hydrogen-bond donors (Lipinski definition) is 2. The fourth-order valence-electron chi connectivity index (χ4n) is 3.75. The molecule has 1 radical (unpaired) electrons. The van der Waals surface area contributed by atoms with Crippen LogP contribution in [-0.2, 0) is 38.1 Å². The number of amides is 3. The van der Waals surface area contributed by atoms with Crippen LogP contribution in [0.2, 0.25) is 0 Å². The van der Waals surface area contributed by atoms with Crippen molar-refractivity contribution in [2.24, 2.45) is 17.3 Å². The van der Waals surface area contributed by atoms with Crippen molar-refractivity contribution >= 4 is 18.2 Å². The molecule has 0 bridgehead atoms. The van der Waals surface area contributed by atoms with Gasteiger partial charge in [-0.05, 0) is 11.3 Å². The molecule has 1 aliphatic rings. The van der Waals surface area contributed by atoms with Crippen molar-refractivity contribution in [1.29, 1.82) is 5.26 Å². The number of likely N-dealkylation sites (tertiary alicyclic amines) is 1. The topological polar surface area (TPSA) is 148 Å². The molecule has 1 fully saturated rings. The minimum absolute atomic E-state index is 0. The molecule has 40 heavy (non-hydrogen) atoms. The minimum Gasteiger partial charge on any atom is -0.528 e. The van der Waals surface area contributed by atoms with Crippen molar-refractivity contribution in [3.8, 4) is 6.07 Å². The van der Waals surface area contributed by atoms with Gasteiger partial charge in [0.25, 0.3) is 5.91 Å². The van der Waals surface area contributed by atoms with Gasteiger partial charge in [0.2, 0.25) is 5.91 Å². The molecule has 13 heteroatoms. The summed E-state index contributed by atoms with van der Waals surface area (Å²) in [6, 6.07) is 2.00. The quantitative estimate of drug-likeness (QED) is 0.0569. The molecule has 2 atom stereocenters. The molecule has 0 aromatic heterocycles. The maximum atomic E-state index is 12.8. The summed E-state index contributed by atoms with van der Waals surface area (Å²) < 4.78 is 26.9. The monoisotopic (exact) mass is 712 g/mol. The van der Waals surface area contributed by atoms with Gasteiger partial charge < -0.3 is 44.0 Å². The molecule has 3 amide bonds. The molecule has 0 saturated carbocycles. The Morgan fingerprint density at radius 1 is 0.900 bits per heavy atom. The second-order valence-electron chi connectivity index (χ2n) is 10.2. The summed E-state index contributed by atoms with van der Waals surface area (Å²) in [5.41, 5.74) is -0.170. The van der Waals surface area contributed by atoms with Crippen LogP contribution in [0, 0.1) is 67.2 Å². The Balaban J connectivity index is 0.0000152. The van der Waals surface area contributed by atoms with Gasteiger partial charge in [-0.25, -0.2) is 0 Å². The molecule has 1 aliphatic heterocycles. The zero-order valence-electron chi connectivity index (χ0n) is 24.1. The average Bonchev–Trinajstić information content (AvgIpc) is 3.29. The zero-order chi connectivity index (χ0) is 28.9. The number of nitriles is 1. The van der Waals surface area contributed by atoms with Gasteiger partial charge in [-0.1, -0.05) is 33.8 Å². The average molecular weight is 713 g/mol. The van der Waals surface area contributed by atoms with Crippen LogP contribution in [0.15, 0.2) is 11.6 Å². The molecule has 0 aromatic carbocycles. The zero-order valence-corrected chi connectivity index (χ0v) is 26.3. The van der Waals surface area contributed by atoms with Gasteiger partial charge in [-0.3, -0.25) is 9.59 Å². The number of allylic oxidation sites excluding steroid dienone is 1. The van der Waals surface area contributed by atoms with Gasteiger partial charge in [0, 0.05) is 64.8 Å². The van der Waals surface area contributed by atoms with Crippen molar-refractivity contribution in [3.05, 3.63) is 11.6 Å². The molecular formula is C27H45N4O8Tb-. The molecule has 12 nitrogen and oxygen atoms in total. The second kappa shape index (κ2) is 23.3. The summed E-state index contributed by atoms with van der Waals surface area (Å²) in [5.74, 6) is -0.752. The van der Waals surface area contributed by atoms with Crippen molar-refractivity contribution in [2.75, 3.05) is 92.2 Å². The summed E-state index contributed by atoms with van der Waals surface area (Å²) >= 11 is 0. The van der Waals surface area contributed by atoms with Crippen molar-refractivity contribution in [2.45, 2.75) is 27.7 Å². The molecule has 1 heterocycles. The fourth-order valence-corrected chi connectivity index (χ4v) is 3.75. The number of rotatable bonds is 21. The van der Waals surface area contributed by atoms with E-state index in [-0.39, 0.29) is 73.2 Å². The molecule has 0 spiro atoms. The van der Waals surface area contributed by atoms with Crippen LogP contribution < -0.4 is 10.6 Å². The van der Waals surface area contributed by atoms with E-state index in [1.807, 2.05) is 33.8 Å². The Bertz CT molecular complexity index is 800. The van der Waals surface area contributed by atoms with Crippen LogP contribution in [0.4, 0.5) is 0 Å². The van der Waals surface area contributed by atoms with Crippen LogP contribution >= 0.6 is 0 Å². The summed E-state index contributed by atoms with van der Waals surface area (Å²) in [5, 5.41) is 14.7. The Labute approximate surface area is 269 Å². The smallest absolute Gasteiger partial charge is 0.264 e. The molecule has 2 N–H and O–H groups in total. The van der Waals surface area contributed by atoms with Gasteiger partial charge in [-0.2, -0.15) is 11.7 Å². The summed E-state index contributed by atoms with van der Waals surface area (Å²) in [4.78, 5) is 36.9. The molecule has 0 aromatic rings.